The van der Waals surface area contributed by atoms with E-state index in [1.807, 2.05) is 41.3 Å². The van der Waals surface area contributed by atoms with Crippen LogP contribution >= 0.6 is 0 Å². The van der Waals surface area contributed by atoms with Crippen LogP contribution in [0, 0.1) is 0 Å². The summed E-state index contributed by atoms with van der Waals surface area (Å²) in [5.41, 5.74) is 8.93. The van der Waals surface area contributed by atoms with Gasteiger partial charge in [-0.05, 0) is 48.2 Å². The maximum Gasteiger partial charge on any atom is 0.321 e. The Balaban J connectivity index is 1.50. The zero-order chi connectivity index (χ0) is 18.4. The summed E-state index contributed by atoms with van der Waals surface area (Å²) in [4.78, 5) is 26.1. The molecule has 0 unspecified atom stereocenters. The smallest absolute Gasteiger partial charge is 0.321 e. The van der Waals surface area contributed by atoms with Crippen LogP contribution in [0.5, 0.6) is 0 Å². The molecule has 0 atom stereocenters. The molecule has 2 aromatic rings. The lowest BCUT2D eigenvalue weighted by Gasteiger charge is -2.16. The van der Waals surface area contributed by atoms with Gasteiger partial charge in [0.2, 0.25) is 5.91 Å². The standard InChI is InChI=1S/C20H24N4O2/c21-17-8-6-15(7-9-17)13-19(25)22-14-16-4-3-5-18(12-16)23-20(26)24-10-1-2-11-24/h3-9,12H,1-2,10-11,13-14,21H2,(H,22,25)(H,23,26). The normalized spacial score (nSPS) is 13.5. The number of nitrogens with two attached hydrogens (primary N) is 1. The molecule has 6 nitrogen and oxygen atoms in total. The van der Waals surface area contributed by atoms with E-state index in [2.05, 4.69) is 10.6 Å². The Kier molecular flexibility index (Phi) is 5.73. The third kappa shape index (κ3) is 4.99. The van der Waals surface area contributed by atoms with Crippen molar-refractivity contribution in [2.45, 2.75) is 25.8 Å². The van der Waals surface area contributed by atoms with Gasteiger partial charge in [0, 0.05) is 31.0 Å². The van der Waals surface area contributed by atoms with Gasteiger partial charge < -0.3 is 21.3 Å². The number of benzene rings is 2. The summed E-state index contributed by atoms with van der Waals surface area (Å²) < 4.78 is 0. The van der Waals surface area contributed by atoms with Gasteiger partial charge in [-0.15, -0.1) is 0 Å². The van der Waals surface area contributed by atoms with Crippen LogP contribution in [-0.2, 0) is 17.8 Å². The number of carbonyl (C=O) groups excluding carboxylic acids is 2. The number of urea groups is 1. The highest BCUT2D eigenvalue weighted by Crippen LogP contribution is 2.14. The van der Waals surface area contributed by atoms with Gasteiger partial charge in [-0.1, -0.05) is 24.3 Å². The number of amides is 3. The van der Waals surface area contributed by atoms with Crippen molar-refractivity contribution in [3.63, 3.8) is 0 Å². The summed E-state index contributed by atoms with van der Waals surface area (Å²) in [6.45, 7) is 2.04. The average Bonchev–Trinajstić information content (AvgIpc) is 3.17. The van der Waals surface area contributed by atoms with Gasteiger partial charge in [0.25, 0.3) is 0 Å². The molecule has 0 aliphatic carbocycles. The van der Waals surface area contributed by atoms with Crippen LogP contribution in [0.4, 0.5) is 16.2 Å². The molecule has 4 N–H and O–H groups in total. The fraction of sp³-hybridized carbons (Fsp3) is 0.300. The minimum absolute atomic E-state index is 0.0544. The molecule has 6 heteroatoms. The number of anilines is 2. The predicted molar refractivity (Wildman–Crippen MR) is 103 cm³/mol. The minimum Gasteiger partial charge on any atom is -0.399 e. The van der Waals surface area contributed by atoms with Crippen LogP contribution in [0.15, 0.2) is 48.5 Å². The second-order valence-electron chi connectivity index (χ2n) is 6.52. The largest absolute Gasteiger partial charge is 0.399 e. The van der Waals surface area contributed by atoms with E-state index in [1.165, 1.54) is 0 Å². The Hall–Kier alpha value is -3.02. The highest BCUT2D eigenvalue weighted by molar-refractivity contribution is 5.89. The number of nitrogens with zero attached hydrogens (tertiary/aromatic N) is 1. The van der Waals surface area contributed by atoms with Gasteiger partial charge in [-0.3, -0.25) is 4.79 Å². The van der Waals surface area contributed by atoms with Crippen molar-refractivity contribution in [1.29, 1.82) is 0 Å². The van der Waals surface area contributed by atoms with Crippen LogP contribution in [0.3, 0.4) is 0 Å². The van der Waals surface area contributed by atoms with E-state index in [4.69, 9.17) is 5.73 Å². The Morgan fingerprint density at radius 2 is 1.73 bits per heavy atom. The number of rotatable bonds is 5. The number of nitrogen functional groups attached to an aromatic ring is 1. The molecule has 3 amide bonds. The average molecular weight is 352 g/mol. The van der Waals surface area contributed by atoms with Gasteiger partial charge >= 0.3 is 6.03 Å². The maximum absolute atomic E-state index is 12.2. The topological polar surface area (TPSA) is 87.5 Å². The first kappa shape index (κ1) is 17.8. The van der Waals surface area contributed by atoms with E-state index in [0.717, 1.165) is 42.7 Å². The lowest BCUT2D eigenvalue weighted by Crippen LogP contribution is -2.32. The molecule has 0 saturated carbocycles. The molecule has 1 aliphatic heterocycles. The number of likely N-dealkylation sites (tertiary alicyclic amines) is 1. The number of nitrogens with one attached hydrogen (secondary N) is 2. The van der Waals surface area contributed by atoms with Crippen molar-refractivity contribution in [2.24, 2.45) is 0 Å². The molecule has 136 valence electrons. The molecule has 1 fully saturated rings. The van der Waals surface area contributed by atoms with Gasteiger partial charge in [-0.2, -0.15) is 0 Å². The monoisotopic (exact) mass is 352 g/mol. The molecule has 0 spiro atoms. The van der Waals surface area contributed by atoms with E-state index in [9.17, 15) is 9.59 Å². The summed E-state index contributed by atoms with van der Waals surface area (Å²) in [5.74, 6) is -0.0544. The Labute approximate surface area is 153 Å². The Morgan fingerprint density at radius 3 is 2.46 bits per heavy atom. The molecule has 1 aliphatic rings. The molecule has 26 heavy (non-hydrogen) atoms. The van der Waals surface area contributed by atoms with Crippen molar-refractivity contribution in [2.75, 3.05) is 24.1 Å². The van der Waals surface area contributed by atoms with Crippen molar-refractivity contribution in [3.8, 4) is 0 Å². The Morgan fingerprint density at radius 1 is 1.00 bits per heavy atom. The summed E-state index contributed by atoms with van der Waals surface area (Å²) in [5, 5.41) is 5.82. The molecular formula is C20H24N4O2. The number of carbonyl (C=O) groups is 2. The van der Waals surface area contributed by atoms with E-state index in [1.54, 1.807) is 12.1 Å². The van der Waals surface area contributed by atoms with Crippen LogP contribution < -0.4 is 16.4 Å². The molecule has 1 heterocycles. The fourth-order valence-corrected chi connectivity index (χ4v) is 2.97. The number of hydrogen-bond acceptors (Lipinski definition) is 3. The van der Waals surface area contributed by atoms with Crippen LogP contribution in [-0.4, -0.2) is 29.9 Å². The van der Waals surface area contributed by atoms with Gasteiger partial charge in [0.15, 0.2) is 0 Å². The number of hydrogen-bond donors (Lipinski definition) is 3. The summed E-state index contributed by atoms with van der Waals surface area (Å²) in [6.07, 6.45) is 2.44. The van der Waals surface area contributed by atoms with Gasteiger partial charge in [-0.25, -0.2) is 4.79 Å². The SMILES string of the molecule is Nc1ccc(CC(=O)NCc2cccc(NC(=O)N3CCCC3)c2)cc1. The second-order valence-corrected chi connectivity index (χ2v) is 6.52. The third-order valence-corrected chi connectivity index (χ3v) is 4.41. The zero-order valence-corrected chi connectivity index (χ0v) is 14.7. The summed E-state index contributed by atoms with van der Waals surface area (Å²) in [7, 11) is 0. The first-order valence-corrected chi connectivity index (χ1v) is 8.86. The fourth-order valence-electron chi connectivity index (χ4n) is 2.97. The zero-order valence-electron chi connectivity index (χ0n) is 14.7. The van der Waals surface area contributed by atoms with E-state index >= 15 is 0 Å². The molecule has 2 aromatic carbocycles. The summed E-state index contributed by atoms with van der Waals surface area (Å²) in [6, 6.07) is 14.8. The Bertz CT molecular complexity index is 768. The van der Waals surface area contributed by atoms with E-state index in [0.29, 0.717) is 18.7 Å². The third-order valence-electron chi connectivity index (χ3n) is 4.41. The minimum atomic E-state index is -0.0629. The quantitative estimate of drug-likeness (QED) is 0.723. The van der Waals surface area contributed by atoms with Crippen LogP contribution in [0.25, 0.3) is 0 Å². The highest BCUT2D eigenvalue weighted by Gasteiger charge is 2.17. The van der Waals surface area contributed by atoms with Crippen molar-refractivity contribution in [1.82, 2.24) is 10.2 Å². The molecular weight excluding hydrogens is 328 g/mol. The molecule has 0 aromatic heterocycles. The summed E-state index contributed by atoms with van der Waals surface area (Å²) >= 11 is 0. The maximum atomic E-state index is 12.2. The van der Waals surface area contributed by atoms with Gasteiger partial charge in [0.05, 0.1) is 6.42 Å². The second kappa shape index (κ2) is 8.38. The van der Waals surface area contributed by atoms with Crippen LogP contribution in [0.1, 0.15) is 24.0 Å². The first-order valence-electron chi connectivity index (χ1n) is 8.86. The highest BCUT2D eigenvalue weighted by atomic mass is 16.2. The van der Waals surface area contributed by atoms with Crippen molar-refractivity contribution in [3.05, 3.63) is 59.7 Å². The molecule has 1 saturated heterocycles. The lowest BCUT2D eigenvalue weighted by molar-refractivity contribution is -0.120. The van der Waals surface area contributed by atoms with E-state index < -0.39 is 0 Å². The van der Waals surface area contributed by atoms with Crippen molar-refractivity contribution >= 4 is 23.3 Å². The van der Waals surface area contributed by atoms with E-state index in [-0.39, 0.29) is 11.9 Å². The molecule has 0 radical (unpaired) electrons. The van der Waals surface area contributed by atoms with Gasteiger partial charge in [0.1, 0.15) is 0 Å². The molecule has 0 bridgehead atoms. The lowest BCUT2D eigenvalue weighted by atomic mass is 10.1. The first-order chi connectivity index (χ1) is 12.6. The molecule has 3 rings (SSSR count). The predicted octanol–water partition coefficient (Wildman–Crippen LogP) is 2.76. The van der Waals surface area contributed by atoms with Crippen molar-refractivity contribution < 1.29 is 9.59 Å². The van der Waals surface area contributed by atoms with Crippen LogP contribution in [0.2, 0.25) is 0 Å².